The molecule has 0 amide bonds. The van der Waals surface area contributed by atoms with Crippen molar-refractivity contribution in [2.45, 2.75) is 6.92 Å². The van der Waals surface area contributed by atoms with Gasteiger partial charge in [-0.15, -0.1) is 5.10 Å². The third-order valence-electron chi connectivity index (χ3n) is 4.84. The van der Waals surface area contributed by atoms with Crippen molar-refractivity contribution in [1.29, 1.82) is 0 Å². The summed E-state index contributed by atoms with van der Waals surface area (Å²) in [6.07, 6.45) is 0. The van der Waals surface area contributed by atoms with Crippen molar-refractivity contribution in [2.24, 2.45) is 0 Å². The number of rotatable bonds is 6. The van der Waals surface area contributed by atoms with Gasteiger partial charge in [0, 0.05) is 25.6 Å². The first kappa shape index (κ1) is 23.2. The number of nitrogens with zero attached hydrogens (tertiary/aromatic N) is 3. The Kier molecular flexibility index (Phi) is 6.93. The monoisotopic (exact) mass is 543 g/mol. The molecule has 0 aliphatic rings. The summed E-state index contributed by atoms with van der Waals surface area (Å²) in [6.45, 7) is 1.41. The lowest BCUT2D eigenvalue weighted by Gasteiger charge is -2.10. The van der Waals surface area contributed by atoms with Crippen molar-refractivity contribution in [3.63, 3.8) is 0 Å². The number of esters is 1. The second kappa shape index (κ2) is 9.87. The molecular formula is C24H16BrCl2N3O3. The summed E-state index contributed by atoms with van der Waals surface area (Å²) in [5.74, 6) is -0.958. The number of hydrogen-bond donors (Lipinski definition) is 0. The van der Waals surface area contributed by atoms with Gasteiger partial charge in [0.05, 0.1) is 5.69 Å². The molecule has 0 fully saturated rings. The summed E-state index contributed by atoms with van der Waals surface area (Å²) >= 11 is 15.8. The predicted octanol–water partition coefficient (Wildman–Crippen LogP) is 6.35. The predicted molar refractivity (Wildman–Crippen MR) is 130 cm³/mol. The van der Waals surface area contributed by atoms with Gasteiger partial charge in [0.25, 0.3) is 5.82 Å². The number of carbonyl (C=O) groups excluding carboxylic acids is 2. The highest BCUT2D eigenvalue weighted by atomic mass is 79.9. The molecule has 0 atom stereocenters. The lowest BCUT2D eigenvalue weighted by Crippen LogP contribution is -2.15. The average Bonchev–Trinajstić information content (AvgIpc) is 3.25. The van der Waals surface area contributed by atoms with Gasteiger partial charge in [-0.25, -0.2) is 14.5 Å². The Bertz CT molecular complexity index is 1350. The largest absolute Gasteiger partial charge is 0.451 e. The molecule has 4 aromatic rings. The second-order valence-corrected chi connectivity index (χ2v) is 8.83. The van der Waals surface area contributed by atoms with Crippen LogP contribution in [0.4, 0.5) is 0 Å². The van der Waals surface area contributed by atoms with E-state index in [0.29, 0.717) is 32.7 Å². The molecule has 4 rings (SSSR count). The summed E-state index contributed by atoms with van der Waals surface area (Å²) in [5, 5.41) is 5.42. The van der Waals surface area contributed by atoms with Crippen LogP contribution in [0.15, 0.2) is 71.2 Å². The van der Waals surface area contributed by atoms with Crippen molar-refractivity contribution < 1.29 is 14.3 Å². The fraction of sp³-hybridized carbons (Fsp3) is 0.0833. The number of aromatic nitrogens is 3. The molecule has 33 heavy (non-hydrogen) atoms. The van der Waals surface area contributed by atoms with Crippen molar-refractivity contribution in [1.82, 2.24) is 14.8 Å². The highest BCUT2D eigenvalue weighted by molar-refractivity contribution is 9.10. The zero-order valence-electron chi connectivity index (χ0n) is 17.3. The summed E-state index contributed by atoms with van der Waals surface area (Å²) in [6, 6.07) is 19.2. The maximum Gasteiger partial charge on any atom is 0.378 e. The van der Waals surface area contributed by atoms with Gasteiger partial charge in [-0.1, -0.05) is 69.5 Å². The summed E-state index contributed by atoms with van der Waals surface area (Å²) in [7, 11) is 0. The molecule has 1 aromatic heterocycles. The fourth-order valence-corrected chi connectivity index (χ4v) is 3.75. The first-order chi connectivity index (χ1) is 15.8. The van der Waals surface area contributed by atoms with Crippen LogP contribution in [0.5, 0.6) is 0 Å². The van der Waals surface area contributed by atoms with Crippen molar-refractivity contribution in [3.05, 3.63) is 98.2 Å². The molecular weight excluding hydrogens is 529 g/mol. The number of benzene rings is 3. The van der Waals surface area contributed by atoms with Crippen LogP contribution in [0.3, 0.4) is 0 Å². The molecule has 0 spiro atoms. The third-order valence-corrected chi connectivity index (χ3v) is 6.01. The third kappa shape index (κ3) is 5.16. The first-order valence-corrected chi connectivity index (χ1v) is 11.3. The lowest BCUT2D eigenvalue weighted by atomic mass is 10.1. The standard InChI is InChI=1S/C24H16BrCl2N3O3/c1-14-19(27)6-3-7-20(14)30-23(16-4-2-5-18(26)12-16)28-22(29-30)24(32)33-13-21(31)15-8-10-17(25)11-9-15/h2-12H,13H2,1H3. The molecule has 1 heterocycles. The molecule has 166 valence electrons. The van der Waals surface area contributed by atoms with E-state index in [1.165, 1.54) is 4.68 Å². The molecule has 0 N–H and O–H groups in total. The van der Waals surface area contributed by atoms with E-state index in [1.807, 2.05) is 13.0 Å². The number of carbonyl (C=O) groups is 2. The fourth-order valence-electron chi connectivity index (χ4n) is 3.12. The van der Waals surface area contributed by atoms with Crippen LogP contribution >= 0.6 is 39.1 Å². The van der Waals surface area contributed by atoms with E-state index in [1.54, 1.807) is 60.7 Å². The molecule has 3 aromatic carbocycles. The SMILES string of the molecule is Cc1c(Cl)cccc1-n1nc(C(=O)OCC(=O)c2ccc(Br)cc2)nc1-c1cccc(Cl)c1. The van der Waals surface area contributed by atoms with Gasteiger partial charge in [0.2, 0.25) is 0 Å². The quantitative estimate of drug-likeness (QED) is 0.209. The van der Waals surface area contributed by atoms with Crippen LogP contribution in [-0.4, -0.2) is 33.1 Å². The van der Waals surface area contributed by atoms with Gasteiger partial charge in [-0.3, -0.25) is 4.79 Å². The molecule has 0 unspecified atom stereocenters. The summed E-state index contributed by atoms with van der Waals surface area (Å²) in [4.78, 5) is 29.5. The van der Waals surface area contributed by atoms with Gasteiger partial charge in [-0.2, -0.15) is 0 Å². The van der Waals surface area contributed by atoms with E-state index in [9.17, 15) is 9.59 Å². The van der Waals surface area contributed by atoms with Crippen molar-refractivity contribution in [3.8, 4) is 17.1 Å². The van der Waals surface area contributed by atoms with Crippen LogP contribution in [0.2, 0.25) is 10.0 Å². The minimum atomic E-state index is -0.817. The van der Waals surface area contributed by atoms with Gasteiger partial charge < -0.3 is 4.74 Å². The maximum atomic E-state index is 12.7. The highest BCUT2D eigenvalue weighted by Crippen LogP contribution is 2.28. The van der Waals surface area contributed by atoms with Crippen molar-refractivity contribution in [2.75, 3.05) is 6.61 Å². The summed E-state index contributed by atoms with van der Waals surface area (Å²) < 4.78 is 7.56. The van der Waals surface area contributed by atoms with Crippen LogP contribution in [0, 0.1) is 6.92 Å². The number of ketones is 1. The van der Waals surface area contributed by atoms with Gasteiger partial charge in [0.15, 0.2) is 18.2 Å². The Labute approximate surface area is 208 Å². The molecule has 0 saturated carbocycles. The van der Waals surface area contributed by atoms with Gasteiger partial charge in [0.1, 0.15) is 0 Å². The Hall–Kier alpha value is -3.00. The zero-order chi connectivity index (χ0) is 23.5. The smallest absolute Gasteiger partial charge is 0.378 e. The number of Topliss-reactive ketones (excluding diaryl/α,β-unsaturated/α-hetero) is 1. The van der Waals surface area contributed by atoms with E-state index < -0.39 is 12.6 Å². The van der Waals surface area contributed by atoms with Crippen LogP contribution in [-0.2, 0) is 4.74 Å². The normalized spacial score (nSPS) is 10.8. The summed E-state index contributed by atoms with van der Waals surface area (Å²) in [5.41, 5.74) is 2.49. The molecule has 0 bridgehead atoms. The molecule has 0 radical (unpaired) electrons. The van der Waals surface area contributed by atoms with Crippen molar-refractivity contribution >= 4 is 50.9 Å². The molecule has 0 aliphatic heterocycles. The average molecular weight is 545 g/mol. The molecule has 0 aliphatic carbocycles. The molecule has 0 saturated heterocycles. The highest BCUT2D eigenvalue weighted by Gasteiger charge is 2.22. The number of hydrogen-bond acceptors (Lipinski definition) is 5. The Morgan fingerprint density at radius 1 is 1.03 bits per heavy atom. The van der Waals surface area contributed by atoms with E-state index in [-0.39, 0.29) is 11.6 Å². The Balaban J connectivity index is 1.66. The minimum absolute atomic E-state index is 0.187. The number of halogens is 3. The number of ether oxygens (including phenoxy) is 1. The van der Waals surface area contributed by atoms with E-state index in [4.69, 9.17) is 27.9 Å². The topological polar surface area (TPSA) is 74.1 Å². The van der Waals surface area contributed by atoms with E-state index in [0.717, 1.165) is 10.0 Å². The van der Waals surface area contributed by atoms with Gasteiger partial charge >= 0.3 is 5.97 Å². The minimum Gasteiger partial charge on any atom is -0.451 e. The first-order valence-electron chi connectivity index (χ1n) is 9.78. The van der Waals surface area contributed by atoms with Crippen LogP contribution < -0.4 is 0 Å². The van der Waals surface area contributed by atoms with E-state index >= 15 is 0 Å². The van der Waals surface area contributed by atoms with Crippen LogP contribution in [0.1, 0.15) is 26.5 Å². The lowest BCUT2D eigenvalue weighted by molar-refractivity contribution is 0.0462. The molecule has 9 heteroatoms. The maximum absolute atomic E-state index is 12.7. The zero-order valence-corrected chi connectivity index (χ0v) is 20.4. The van der Waals surface area contributed by atoms with Crippen LogP contribution in [0.25, 0.3) is 17.1 Å². The van der Waals surface area contributed by atoms with Gasteiger partial charge in [-0.05, 0) is 48.9 Å². The second-order valence-electron chi connectivity index (χ2n) is 7.07. The Morgan fingerprint density at radius 3 is 2.48 bits per heavy atom. The Morgan fingerprint density at radius 2 is 1.76 bits per heavy atom. The van der Waals surface area contributed by atoms with E-state index in [2.05, 4.69) is 26.0 Å². The molecule has 6 nitrogen and oxygen atoms in total.